The Morgan fingerprint density at radius 3 is 2.40 bits per heavy atom. The topological polar surface area (TPSA) is 74.3 Å². The van der Waals surface area contributed by atoms with Gasteiger partial charge in [-0.3, -0.25) is 9.69 Å². The molecule has 0 radical (unpaired) electrons. The fourth-order valence-electron chi connectivity index (χ4n) is 5.96. The molecule has 3 aliphatic heterocycles. The van der Waals surface area contributed by atoms with Gasteiger partial charge in [-0.2, -0.15) is 0 Å². The molecule has 10 heteroatoms. The molecule has 3 aliphatic rings. The summed E-state index contributed by atoms with van der Waals surface area (Å²) >= 11 is 1.62. The van der Waals surface area contributed by atoms with E-state index in [0.717, 1.165) is 104 Å². The van der Waals surface area contributed by atoms with E-state index in [-0.39, 0.29) is 5.91 Å². The maximum Gasteiger partial charge on any atom is 0.253 e. The molecular formula is C35H38N6O3S. The summed E-state index contributed by atoms with van der Waals surface area (Å²) in [6.07, 6.45) is 0. The molecule has 2 saturated heterocycles. The van der Waals surface area contributed by atoms with Crippen LogP contribution >= 0.6 is 11.8 Å². The second-order valence-corrected chi connectivity index (χ2v) is 12.7. The normalized spacial score (nSPS) is 17.1. The third-order valence-electron chi connectivity index (χ3n) is 8.63. The van der Waals surface area contributed by atoms with Crippen molar-refractivity contribution >= 4 is 23.5 Å². The predicted octanol–water partition coefficient (Wildman–Crippen LogP) is 4.87. The van der Waals surface area contributed by atoms with Crippen molar-refractivity contribution in [3.63, 3.8) is 0 Å². The molecule has 2 fully saturated rings. The highest BCUT2D eigenvalue weighted by Gasteiger charge is 2.23. The Kier molecular flexibility index (Phi) is 8.86. The number of carbonyl (C=O) groups excluding carboxylic acids is 1. The summed E-state index contributed by atoms with van der Waals surface area (Å²) in [5, 5.41) is 0.741. The van der Waals surface area contributed by atoms with Crippen LogP contribution in [0.5, 0.6) is 11.5 Å². The molecule has 232 valence electrons. The zero-order chi connectivity index (χ0) is 30.6. The van der Waals surface area contributed by atoms with E-state index in [4.69, 9.17) is 19.4 Å². The van der Waals surface area contributed by atoms with Gasteiger partial charge in [-0.25, -0.2) is 9.97 Å². The monoisotopic (exact) mass is 622 g/mol. The molecule has 4 heterocycles. The second kappa shape index (κ2) is 13.5. The number of rotatable bonds is 8. The molecule has 7 rings (SSSR count). The Balaban J connectivity index is 1.04. The summed E-state index contributed by atoms with van der Waals surface area (Å²) in [4.78, 5) is 32.2. The first-order valence-corrected chi connectivity index (χ1v) is 16.6. The van der Waals surface area contributed by atoms with Crippen LogP contribution in [0.1, 0.15) is 21.5 Å². The Morgan fingerprint density at radius 2 is 1.58 bits per heavy atom. The number of piperazine rings is 2. The number of aromatic nitrogens is 2. The summed E-state index contributed by atoms with van der Waals surface area (Å²) < 4.78 is 11.0. The minimum atomic E-state index is 0.109. The van der Waals surface area contributed by atoms with E-state index in [1.807, 2.05) is 47.4 Å². The Labute approximate surface area is 268 Å². The van der Waals surface area contributed by atoms with E-state index in [1.165, 1.54) is 5.56 Å². The number of amides is 1. The molecule has 1 amide bonds. The number of hydrogen-bond acceptors (Lipinski definition) is 9. The molecule has 1 aromatic heterocycles. The number of anilines is 1. The van der Waals surface area contributed by atoms with Gasteiger partial charge >= 0.3 is 0 Å². The summed E-state index contributed by atoms with van der Waals surface area (Å²) in [5.41, 5.74) is 5.06. The Hall–Kier alpha value is -4.12. The van der Waals surface area contributed by atoms with Crippen LogP contribution in [0, 0.1) is 0 Å². The van der Waals surface area contributed by atoms with Crippen LogP contribution in [0.3, 0.4) is 0 Å². The number of fused-ring (bicyclic) bond motifs is 1. The molecule has 4 aromatic rings. The average molecular weight is 623 g/mol. The largest absolute Gasteiger partial charge is 0.454 e. The molecule has 9 nitrogen and oxygen atoms in total. The van der Waals surface area contributed by atoms with Crippen molar-refractivity contribution in [3.05, 3.63) is 95.6 Å². The zero-order valence-corrected chi connectivity index (χ0v) is 26.4. The highest BCUT2D eigenvalue weighted by Crippen LogP contribution is 2.33. The number of carbonyl (C=O) groups is 1. The van der Waals surface area contributed by atoms with Crippen molar-refractivity contribution < 1.29 is 14.3 Å². The number of likely N-dealkylation sites (N-methyl/N-ethyl adjacent to an activating group) is 1. The van der Waals surface area contributed by atoms with Gasteiger partial charge in [0.1, 0.15) is 5.82 Å². The van der Waals surface area contributed by atoms with Crippen LogP contribution in [-0.4, -0.2) is 96.8 Å². The lowest BCUT2D eigenvalue weighted by molar-refractivity contribution is 0.0664. The molecule has 0 spiro atoms. The number of nitrogens with zero attached hydrogens (tertiary/aromatic N) is 6. The SMILES string of the molecule is CN1CCN(C(=O)c2cccc(CSc3nc(-c4ccccc4)cc(N4CCN(Cc5ccc6c(c5)OCO6)CC4)n3)c2)CC1. The van der Waals surface area contributed by atoms with E-state index in [0.29, 0.717) is 12.5 Å². The van der Waals surface area contributed by atoms with Gasteiger partial charge in [-0.15, -0.1) is 0 Å². The van der Waals surface area contributed by atoms with Gasteiger partial charge in [-0.1, -0.05) is 60.3 Å². The van der Waals surface area contributed by atoms with Crippen LogP contribution in [-0.2, 0) is 12.3 Å². The summed E-state index contributed by atoms with van der Waals surface area (Å²) in [6.45, 7) is 8.18. The summed E-state index contributed by atoms with van der Waals surface area (Å²) in [6, 6.07) is 26.6. The molecule has 0 atom stereocenters. The third-order valence-corrected chi connectivity index (χ3v) is 9.55. The lowest BCUT2D eigenvalue weighted by atomic mass is 10.1. The molecule has 45 heavy (non-hydrogen) atoms. The van der Waals surface area contributed by atoms with Gasteiger partial charge in [0, 0.05) is 81.8 Å². The molecular weight excluding hydrogens is 584 g/mol. The van der Waals surface area contributed by atoms with Crippen molar-refractivity contribution in [1.29, 1.82) is 0 Å². The highest BCUT2D eigenvalue weighted by molar-refractivity contribution is 7.98. The number of hydrogen-bond donors (Lipinski definition) is 0. The fourth-order valence-corrected chi connectivity index (χ4v) is 6.76. The first-order chi connectivity index (χ1) is 22.1. The van der Waals surface area contributed by atoms with Crippen LogP contribution in [0.15, 0.2) is 84.0 Å². The van der Waals surface area contributed by atoms with E-state index in [1.54, 1.807) is 11.8 Å². The van der Waals surface area contributed by atoms with Gasteiger partial charge in [0.25, 0.3) is 5.91 Å². The summed E-state index contributed by atoms with van der Waals surface area (Å²) in [7, 11) is 2.10. The maximum absolute atomic E-state index is 13.2. The highest BCUT2D eigenvalue weighted by atomic mass is 32.2. The van der Waals surface area contributed by atoms with Crippen molar-refractivity contribution in [2.45, 2.75) is 17.5 Å². The summed E-state index contributed by atoms with van der Waals surface area (Å²) in [5.74, 6) is 3.40. The van der Waals surface area contributed by atoms with Crippen LogP contribution < -0.4 is 14.4 Å². The smallest absolute Gasteiger partial charge is 0.253 e. The maximum atomic E-state index is 13.2. The minimum absolute atomic E-state index is 0.109. The van der Waals surface area contributed by atoms with Crippen LogP contribution in [0.4, 0.5) is 5.82 Å². The standard InChI is InChI=1S/C35H38N6O3S/c1-38-12-16-41(17-13-38)34(42)29-9-5-6-27(20-29)24-45-35-36-30(28-7-3-2-4-8-28)22-33(37-35)40-18-14-39(15-19-40)23-26-10-11-31-32(21-26)44-25-43-31/h2-11,20-22H,12-19,23-25H2,1H3. The Bertz CT molecular complexity index is 1640. The fraction of sp³-hybridized carbons (Fsp3) is 0.343. The van der Waals surface area contributed by atoms with E-state index >= 15 is 0 Å². The quantitative estimate of drug-likeness (QED) is 0.202. The van der Waals surface area contributed by atoms with Crippen molar-refractivity contribution in [2.75, 3.05) is 71.1 Å². The van der Waals surface area contributed by atoms with Crippen LogP contribution in [0.2, 0.25) is 0 Å². The van der Waals surface area contributed by atoms with Gasteiger partial charge in [0.05, 0.1) is 5.69 Å². The zero-order valence-electron chi connectivity index (χ0n) is 25.6. The Morgan fingerprint density at radius 1 is 0.778 bits per heavy atom. The molecule has 0 N–H and O–H groups in total. The van der Waals surface area contributed by atoms with E-state index in [2.05, 4.69) is 58.1 Å². The van der Waals surface area contributed by atoms with Crippen molar-refractivity contribution in [2.24, 2.45) is 0 Å². The van der Waals surface area contributed by atoms with Crippen LogP contribution in [0.25, 0.3) is 11.3 Å². The van der Waals surface area contributed by atoms with Gasteiger partial charge in [0.15, 0.2) is 16.7 Å². The molecule has 0 aliphatic carbocycles. The number of benzene rings is 3. The van der Waals surface area contributed by atoms with Gasteiger partial charge in [-0.05, 0) is 42.4 Å². The third kappa shape index (κ3) is 7.08. The van der Waals surface area contributed by atoms with E-state index in [9.17, 15) is 4.79 Å². The lowest BCUT2D eigenvalue weighted by Gasteiger charge is -2.35. The van der Waals surface area contributed by atoms with Crippen molar-refractivity contribution in [1.82, 2.24) is 24.7 Å². The molecule has 0 saturated carbocycles. The molecule has 0 bridgehead atoms. The van der Waals surface area contributed by atoms with E-state index < -0.39 is 0 Å². The molecule has 0 unspecified atom stereocenters. The lowest BCUT2D eigenvalue weighted by Crippen LogP contribution is -2.47. The number of thioether (sulfide) groups is 1. The van der Waals surface area contributed by atoms with Gasteiger partial charge < -0.3 is 24.2 Å². The molecule has 3 aromatic carbocycles. The first kappa shape index (κ1) is 29.6. The second-order valence-electron chi connectivity index (χ2n) is 11.8. The minimum Gasteiger partial charge on any atom is -0.454 e. The van der Waals surface area contributed by atoms with Gasteiger partial charge in [0.2, 0.25) is 6.79 Å². The van der Waals surface area contributed by atoms with Crippen molar-refractivity contribution in [3.8, 4) is 22.8 Å². The average Bonchev–Trinajstić information content (AvgIpc) is 3.56. The number of ether oxygens (including phenoxy) is 2. The first-order valence-electron chi connectivity index (χ1n) is 15.6. The predicted molar refractivity (Wildman–Crippen MR) is 177 cm³/mol.